The molecule has 0 radical (unpaired) electrons. The number of hydrogen-bond donors (Lipinski definition) is 2. The zero-order valence-corrected chi connectivity index (χ0v) is 14.9. The third kappa shape index (κ3) is 4.80. The molecule has 2 aromatic carbocycles. The SMILES string of the molecule is O=C(N/N=C\c1cccc([N+](=O)[O-])c1)C(=O)Nc1nnc(-c2ccccc2)s1. The quantitative estimate of drug-likeness (QED) is 0.293. The van der Waals surface area contributed by atoms with Gasteiger partial charge in [-0.2, -0.15) is 5.10 Å². The van der Waals surface area contributed by atoms with Crippen molar-refractivity contribution in [1.29, 1.82) is 0 Å². The summed E-state index contributed by atoms with van der Waals surface area (Å²) in [6.07, 6.45) is 1.19. The molecule has 0 aliphatic heterocycles. The van der Waals surface area contributed by atoms with Crippen LogP contribution in [0.2, 0.25) is 0 Å². The number of amides is 2. The molecule has 0 fully saturated rings. The number of nitro benzene ring substituents is 1. The molecule has 0 unspecified atom stereocenters. The van der Waals surface area contributed by atoms with Crippen molar-refractivity contribution in [3.63, 3.8) is 0 Å². The molecule has 0 aliphatic carbocycles. The van der Waals surface area contributed by atoms with Crippen molar-refractivity contribution in [2.24, 2.45) is 5.10 Å². The Kier molecular flexibility index (Phi) is 5.77. The van der Waals surface area contributed by atoms with E-state index >= 15 is 0 Å². The highest BCUT2D eigenvalue weighted by atomic mass is 32.1. The molecule has 1 heterocycles. The molecule has 28 heavy (non-hydrogen) atoms. The first kappa shape index (κ1) is 18.8. The number of aromatic nitrogens is 2. The molecule has 0 atom stereocenters. The lowest BCUT2D eigenvalue weighted by Crippen LogP contribution is -2.32. The molecular formula is C17H12N6O4S. The second-order valence-corrected chi connectivity index (χ2v) is 6.26. The largest absolute Gasteiger partial charge is 0.329 e. The summed E-state index contributed by atoms with van der Waals surface area (Å²) >= 11 is 1.12. The van der Waals surface area contributed by atoms with Crippen molar-refractivity contribution >= 4 is 40.2 Å². The Morgan fingerprint density at radius 2 is 1.86 bits per heavy atom. The van der Waals surface area contributed by atoms with E-state index in [4.69, 9.17) is 0 Å². The smallest absolute Gasteiger partial charge is 0.292 e. The van der Waals surface area contributed by atoms with Gasteiger partial charge in [-0.3, -0.25) is 25.0 Å². The number of nitrogens with zero attached hydrogens (tertiary/aromatic N) is 4. The number of non-ortho nitro benzene ring substituents is 1. The van der Waals surface area contributed by atoms with Crippen LogP contribution in [0.25, 0.3) is 10.6 Å². The second-order valence-electron chi connectivity index (χ2n) is 5.28. The molecule has 2 N–H and O–H groups in total. The second kappa shape index (κ2) is 8.60. The van der Waals surface area contributed by atoms with Gasteiger partial charge in [0.05, 0.1) is 11.1 Å². The average Bonchev–Trinajstić information content (AvgIpc) is 3.17. The predicted molar refractivity (Wildman–Crippen MR) is 103 cm³/mol. The molecule has 0 bridgehead atoms. The normalized spacial score (nSPS) is 10.6. The number of anilines is 1. The van der Waals surface area contributed by atoms with Crippen molar-refractivity contribution in [3.05, 3.63) is 70.3 Å². The molecule has 3 aromatic rings. The van der Waals surface area contributed by atoms with Gasteiger partial charge in [0.2, 0.25) is 5.13 Å². The Bertz CT molecular complexity index is 1050. The van der Waals surface area contributed by atoms with E-state index < -0.39 is 16.7 Å². The van der Waals surface area contributed by atoms with Crippen LogP contribution in [0.15, 0.2) is 59.7 Å². The summed E-state index contributed by atoms with van der Waals surface area (Å²) in [4.78, 5) is 33.9. The Morgan fingerprint density at radius 1 is 1.07 bits per heavy atom. The Hall–Kier alpha value is -3.99. The van der Waals surface area contributed by atoms with Gasteiger partial charge in [-0.05, 0) is 0 Å². The van der Waals surface area contributed by atoms with Crippen LogP contribution in [0.4, 0.5) is 10.8 Å². The number of nitro groups is 1. The van der Waals surface area contributed by atoms with Crippen molar-refractivity contribution in [1.82, 2.24) is 15.6 Å². The maximum absolute atomic E-state index is 11.9. The van der Waals surface area contributed by atoms with Gasteiger partial charge in [0.25, 0.3) is 5.69 Å². The molecule has 2 amide bonds. The monoisotopic (exact) mass is 396 g/mol. The van der Waals surface area contributed by atoms with E-state index in [1.165, 1.54) is 24.4 Å². The Balaban J connectivity index is 1.56. The fraction of sp³-hybridized carbons (Fsp3) is 0. The van der Waals surface area contributed by atoms with Gasteiger partial charge in [-0.25, -0.2) is 5.43 Å². The maximum Gasteiger partial charge on any atom is 0.329 e. The van der Waals surface area contributed by atoms with E-state index in [1.807, 2.05) is 35.8 Å². The molecule has 1 aromatic heterocycles. The summed E-state index contributed by atoms with van der Waals surface area (Å²) < 4.78 is 0. The summed E-state index contributed by atoms with van der Waals surface area (Å²) in [6.45, 7) is 0. The van der Waals surface area contributed by atoms with Crippen LogP contribution in [0.1, 0.15) is 5.56 Å². The number of hydrogen-bond acceptors (Lipinski definition) is 8. The Labute approximate surface area is 162 Å². The number of nitrogens with one attached hydrogen (secondary N) is 2. The van der Waals surface area contributed by atoms with E-state index in [-0.39, 0.29) is 10.8 Å². The van der Waals surface area contributed by atoms with Gasteiger partial charge in [0.1, 0.15) is 5.01 Å². The molecule has 140 valence electrons. The van der Waals surface area contributed by atoms with E-state index in [2.05, 4.69) is 20.6 Å². The topological polar surface area (TPSA) is 139 Å². The lowest BCUT2D eigenvalue weighted by Gasteiger charge is -1.99. The molecule has 3 rings (SSSR count). The van der Waals surface area contributed by atoms with Gasteiger partial charge in [0.15, 0.2) is 0 Å². The molecule has 10 nitrogen and oxygen atoms in total. The van der Waals surface area contributed by atoms with Crippen molar-refractivity contribution in [2.75, 3.05) is 5.32 Å². The number of benzene rings is 2. The average molecular weight is 396 g/mol. The van der Waals surface area contributed by atoms with Crippen molar-refractivity contribution in [2.45, 2.75) is 0 Å². The van der Waals surface area contributed by atoms with Gasteiger partial charge >= 0.3 is 11.8 Å². The fourth-order valence-electron chi connectivity index (χ4n) is 2.06. The third-order valence-corrected chi connectivity index (χ3v) is 4.22. The van der Waals surface area contributed by atoms with Crippen LogP contribution in [0, 0.1) is 10.1 Å². The molecular weight excluding hydrogens is 384 g/mol. The zero-order valence-electron chi connectivity index (χ0n) is 14.1. The first-order chi connectivity index (χ1) is 13.5. The number of hydrazone groups is 1. The highest BCUT2D eigenvalue weighted by Gasteiger charge is 2.16. The first-order valence-electron chi connectivity index (χ1n) is 7.80. The third-order valence-electron chi connectivity index (χ3n) is 3.33. The van der Waals surface area contributed by atoms with Crippen molar-refractivity contribution < 1.29 is 14.5 Å². The number of carbonyl (C=O) groups excluding carboxylic acids is 2. The molecule has 11 heteroatoms. The van der Waals surface area contributed by atoms with Crippen molar-refractivity contribution in [3.8, 4) is 10.6 Å². The van der Waals surface area contributed by atoms with E-state index in [1.54, 1.807) is 6.07 Å². The van der Waals surface area contributed by atoms with Gasteiger partial charge < -0.3 is 0 Å². The van der Waals surface area contributed by atoms with Crippen LogP contribution in [0.5, 0.6) is 0 Å². The highest BCUT2D eigenvalue weighted by Crippen LogP contribution is 2.25. The van der Waals surface area contributed by atoms with Crippen LogP contribution in [0.3, 0.4) is 0 Å². The number of carbonyl (C=O) groups is 2. The Morgan fingerprint density at radius 3 is 2.61 bits per heavy atom. The summed E-state index contributed by atoms with van der Waals surface area (Å²) in [7, 11) is 0. The number of rotatable bonds is 5. The summed E-state index contributed by atoms with van der Waals surface area (Å²) in [6, 6.07) is 14.9. The molecule has 0 saturated heterocycles. The fourth-order valence-corrected chi connectivity index (χ4v) is 2.80. The van der Waals surface area contributed by atoms with Crippen LogP contribution in [-0.4, -0.2) is 33.1 Å². The standard InChI is InChI=1S/C17H12N6O4S/c24-14(19-17-22-21-16(28-17)12-6-2-1-3-7-12)15(25)20-18-10-11-5-4-8-13(9-11)23(26)27/h1-10H,(H,20,25)(H,19,22,24)/b18-10-. The summed E-state index contributed by atoms with van der Waals surface area (Å²) in [5.74, 6) is -1.98. The predicted octanol–water partition coefficient (Wildman–Crippen LogP) is 2.20. The minimum atomic E-state index is -1.02. The van der Waals surface area contributed by atoms with E-state index in [9.17, 15) is 19.7 Å². The van der Waals surface area contributed by atoms with Gasteiger partial charge in [-0.15, -0.1) is 10.2 Å². The van der Waals surface area contributed by atoms with E-state index in [0.29, 0.717) is 10.6 Å². The molecule has 0 saturated carbocycles. The molecule has 0 spiro atoms. The lowest BCUT2D eigenvalue weighted by molar-refractivity contribution is -0.384. The molecule has 0 aliphatic rings. The van der Waals surface area contributed by atoms with Crippen LogP contribution in [-0.2, 0) is 9.59 Å². The van der Waals surface area contributed by atoms with Crippen LogP contribution < -0.4 is 10.7 Å². The summed E-state index contributed by atoms with van der Waals surface area (Å²) in [5, 5.41) is 25.2. The highest BCUT2D eigenvalue weighted by molar-refractivity contribution is 7.18. The summed E-state index contributed by atoms with van der Waals surface area (Å²) in [5.41, 5.74) is 3.17. The van der Waals surface area contributed by atoms with Crippen LogP contribution >= 0.6 is 11.3 Å². The zero-order chi connectivity index (χ0) is 19.9. The lowest BCUT2D eigenvalue weighted by atomic mass is 10.2. The van der Waals surface area contributed by atoms with Gasteiger partial charge in [0, 0.05) is 23.3 Å². The maximum atomic E-state index is 11.9. The first-order valence-corrected chi connectivity index (χ1v) is 8.62. The minimum absolute atomic E-state index is 0.112. The van der Waals surface area contributed by atoms with Gasteiger partial charge in [-0.1, -0.05) is 53.8 Å². The van der Waals surface area contributed by atoms with E-state index in [0.717, 1.165) is 16.9 Å². The minimum Gasteiger partial charge on any atom is -0.292 e.